The maximum atomic E-state index is 15.3. The molecule has 1 aliphatic rings. The second-order valence-corrected chi connectivity index (χ2v) is 6.46. The minimum atomic E-state index is -2.98. The molecule has 3 rings (SSSR count). The summed E-state index contributed by atoms with van der Waals surface area (Å²) in [5.41, 5.74) is 2.35. The Morgan fingerprint density at radius 1 is 1.03 bits per heavy atom. The van der Waals surface area contributed by atoms with Crippen LogP contribution in [0, 0.1) is 5.82 Å². The number of methoxy groups -OCH3 is 2. The van der Waals surface area contributed by atoms with Crippen molar-refractivity contribution in [3.63, 3.8) is 0 Å². The minimum absolute atomic E-state index is 0.0152. The van der Waals surface area contributed by atoms with Crippen molar-refractivity contribution >= 4 is 17.5 Å². The van der Waals surface area contributed by atoms with Gasteiger partial charge in [-0.1, -0.05) is 12.1 Å². The first-order valence-corrected chi connectivity index (χ1v) is 8.96. The van der Waals surface area contributed by atoms with E-state index in [0.717, 1.165) is 6.07 Å². The van der Waals surface area contributed by atoms with Crippen LogP contribution in [0.15, 0.2) is 47.5 Å². The van der Waals surface area contributed by atoms with E-state index >= 15 is 4.39 Å². The largest absolute Gasteiger partial charge is 0.497 e. The molecule has 0 radical (unpaired) electrons. The number of ether oxygens (including phenoxy) is 2. The molecule has 1 aliphatic carbocycles. The van der Waals surface area contributed by atoms with Crippen LogP contribution in [-0.4, -0.2) is 33.0 Å². The normalized spacial score (nSPS) is 17.0. The van der Waals surface area contributed by atoms with Crippen LogP contribution in [0.25, 0.3) is 11.1 Å². The van der Waals surface area contributed by atoms with Crippen LogP contribution in [0.3, 0.4) is 0 Å². The molecule has 0 fully saturated rings. The first-order valence-electron chi connectivity index (χ1n) is 12.0. The van der Waals surface area contributed by atoms with Gasteiger partial charge < -0.3 is 14.8 Å². The van der Waals surface area contributed by atoms with Gasteiger partial charge in [-0.05, 0) is 54.7 Å². The molecule has 0 heterocycles. The molecule has 2 amide bonds. The third-order valence-electron chi connectivity index (χ3n) is 4.65. The Morgan fingerprint density at radius 2 is 1.80 bits per heavy atom. The van der Waals surface area contributed by atoms with E-state index in [-0.39, 0.29) is 28.9 Å². The molecular weight excluding hydrogens is 391 g/mol. The number of hydrogen-bond donors (Lipinski definition) is 2. The Bertz CT molecular complexity index is 1200. The molecule has 0 aromatic heterocycles. The summed E-state index contributed by atoms with van der Waals surface area (Å²) in [6.45, 7) is 0. The van der Waals surface area contributed by atoms with E-state index in [0.29, 0.717) is 18.4 Å². The van der Waals surface area contributed by atoms with Gasteiger partial charge in [0.15, 0.2) is 5.82 Å². The molecule has 0 spiro atoms. The van der Waals surface area contributed by atoms with Crippen LogP contribution in [0.4, 0.5) is 10.1 Å². The topological polar surface area (TPSA) is 85.9 Å². The Morgan fingerprint density at radius 3 is 2.53 bits per heavy atom. The van der Waals surface area contributed by atoms with Crippen LogP contribution in [0.2, 0.25) is 0 Å². The van der Waals surface area contributed by atoms with Gasteiger partial charge in [-0.3, -0.25) is 14.4 Å². The smallest absolute Gasteiger partial charge is 0.271 e. The molecule has 0 aliphatic heterocycles. The number of amides is 2. The first kappa shape index (κ1) is 14.6. The monoisotopic (exact) mass is 420 g/mol. The summed E-state index contributed by atoms with van der Waals surface area (Å²) in [5, 5.41) is 2.32. The van der Waals surface area contributed by atoms with Crippen molar-refractivity contribution in [2.45, 2.75) is 19.3 Å². The highest BCUT2D eigenvalue weighted by molar-refractivity contribution is 6.11. The lowest BCUT2D eigenvalue weighted by atomic mass is 10.0. The molecule has 0 bridgehead atoms. The van der Waals surface area contributed by atoms with Gasteiger partial charge in [0.2, 0.25) is 0 Å². The lowest BCUT2D eigenvalue weighted by Gasteiger charge is -2.15. The lowest BCUT2D eigenvalue weighted by molar-refractivity contribution is -0.127. The van der Waals surface area contributed by atoms with Crippen LogP contribution in [-0.2, 0) is 14.4 Å². The Balaban J connectivity index is 2.00. The first-order chi connectivity index (χ1) is 16.8. The summed E-state index contributed by atoms with van der Waals surface area (Å²) >= 11 is 0. The van der Waals surface area contributed by atoms with E-state index < -0.39 is 43.1 Å². The van der Waals surface area contributed by atoms with Crippen LogP contribution in [0.1, 0.15) is 27.5 Å². The second kappa shape index (κ2) is 9.41. The van der Waals surface area contributed by atoms with Gasteiger partial charge >= 0.3 is 0 Å². The predicted molar refractivity (Wildman–Crippen MR) is 110 cm³/mol. The van der Waals surface area contributed by atoms with Crippen molar-refractivity contribution in [2.24, 2.45) is 0 Å². The predicted octanol–water partition coefficient (Wildman–Crippen LogP) is 3.61. The summed E-state index contributed by atoms with van der Waals surface area (Å²) in [7, 11) is -4.44. The highest BCUT2D eigenvalue weighted by atomic mass is 19.1. The quantitative estimate of drug-likeness (QED) is 0.669. The second-order valence-electron chi connectivity index (χ2n) is 6.46. The standard InChI is InChI=1S/C22H23FN2O5/c1-28-15-7-4-6-13(10-15)14-11-18(23)20(19(12-14)29-2)24-21(26)16-8-5-9-17(16)22(27)25-30-3/h4,6-7,10-12H,5,8-9H2,1-3H3,(H,24,26)(H,25,27)/i1D3,2D3. The van der Waals surface area contributed by atoms with Gasteiger partial charge in [0.05, 0.1) is 29.4 Å². The number of hydrogen-bond acceptors (Lipinski definition) is 5. The van der Waals surface area contributed by atoms with Gasteiger partial charge in [-0.25, -0.2) is 9.87 Å². The highest BCUT2D eigenvalue weighted by Crippen LogP contribution is 2.36. The molecule has 7 nitrogen and oxygen atoms in total. The van der Waals surface area contributed by atoms with E-state index in [1.165, 1.54) is 37.4 Å². The van der Waals surface area contributed by atoms with Gasteiger partial charge in [-0.15, -0.1) is 0 Å². The SMILES string of the molecule is [2H]C([2H])([2H])Oc1cccc(-c2cc(F)c(NC(=O)C3=C(C(=O)NOC)CCC3)c(OC([2H])([2H])[2H])c2)c1. The number of hydroxylamine groups is 1. The van der Waals surface area contributed by atoms with Gasteiger partial charge in [-0.2, -0.15) is 0 Å². The lowest BCUT2D eigenvalue weighted by Crippen LogP contribution is -2.26. The third-order valence-corrected chi connectivity index (χ3v) is 4.65. The van der Waals surface area contributed by atoms with E-state index in [2.05, 4.69) is 15.6 Å². The fraction of sp³-hybridized carbons (Fsp3) is 0.273. The zero-order chi connectivity index (χ0) is 26.7. The fourth-order valence-electron chi connectivity index (χ4n) is 3.28. The third kappa shape index (κ3) is 4.44. The van der Waals surface area contributed by atoms with Gasteiger partial charge in [0.25, 0.3) is 11.8 Å². The molecular formula is C22H23FN2O5. The number of carbonyl (C=O) groups excluding carboxylic acids is 2. The van der Waals surface area contributed by atoms with E-state index in [9.17, 15) is 9.59 Å². The average molecular weight is 420 g/mol. The van der Waals surface area contributed by atoms with Crippen molar-refractivity contribution in [3.8, 4) is 22.6 Å². The van der Waals surface area contributed by atoms with E-state index in [1.807, 2.05) is 0 Å². The summed E-state index contributed by atoms with van der Waals surface area (Å²) in [4.78, 5) is 29.7. The molecule has 30 heavy (non-hydrogen) atoms. The van der Waals surface area contributed by atoms with Gasteiger partial charge in [0, 0.05) is 11.1 Å². The van der Waals surface area contributed by atoms with Crippen molar-refractivity contribution in [1.82, 2.24) is 5.48 Å². The van der Waals surface area contributed by atoms with Crippen LogP contribution < -0.4 is 20.3 Å². The average Bonchev–Trinajstić information content (AvgIpc) is 3.24. The van der Waals surface area contributed by atoms with Crippen LogP contribution >= 0.6 is 0 Å². The number of benzene rings is 2. The molecule has 2 aromatic rings. The number of carbonyl (C=O) groups is 2. The molecule has 0 unspecified atom stereocenters. The maximum absolute atomic E-state index is 15.3. The van der Waals surface area contributed by atoms with Gasteiger partial charge in [0.1, 0.15) is 17.2 Å². The summed E-state index contributed by atoms with van der Waals surface area (Å²) < 4.78 is 69.1. The van der Waals surface area contributed by atoms with E-state index in [1.54, 1.807) is 0 Å². The Kier molecular flexibility index (Phi) is 4.57. The minimum Gasteiger partial charge on any atom is -0.497 e. The Hall–Kier alpha value is -3.39. The molecule has 2 aromatic carbocycles. The molecule has 0 atom stereocenters. The van der Waals surface area contributed by atoms with Crippen molar-refractivity contribution in [3.05, 3.63) is 53.4 Å². The van der Waals surface area contributed by atoms with Crippen LogP contribution in [0.5, 0.6) is 11.5 Å². The summed E-state index contributed by atoms with van der Waals surface area (Å²) in [5.74, 6) is -2.90. The number of halogens is 1. The molecule has 158 valence electrons. The Labute approximate surface area is 182 Å². The summed E-state index contributed by atoms with van der Waals surface area (Å²) in [6.07, 6.45) is 1.08. The number of nitrogens with one attached hydrogen (secondary N) is 2. The van der Waals surface area contributed by atoms with E-state index in [4.69, 9.17) is 17.7 Å². The number of rotatable bonds is 7. The highest BCUT2D eigenvalue weighted by Gasteiger charge is 2.27. The molecule has 8 heteroatoms. The van der Waals surface area contributed by atoms with Crippen molar-refractivity contribution in [2.75, 3.05) is 26.5 Å². The van der Waals surface area contributed by atoms with Crippen molar-refractivity contribution < 1.29 is 36.5 Å². The summed E-state index contributed by atoms with van der Waals surface area (Å²) in [6, 6.07) is 7.96. The maximum Gasteiger partial charge on any atom is 0.271 e. The zero-order valence-corrected chi connectivity index (χ0v) is 16.0. The molecule has 2 N–H and O–H groups in total. The molecule has 0 saturated heterocycles. The fourth-order valence-corrected chi connectivity index (χ4v) is 3.28. The van der Waals surface area contributed by atoms with Crippen molar-refractivity contribution in [1.29, 1.82) is 0 Å². The zero-order valence-electron chi connectivity index (χ0n) is 22.0. The molecule has 0 saturated carbocycles. The number of anilines is 1.